The first kappa shape index (κ1) is 24.5. The molecule has 0 atom stereocenters. The zero-order valence-corrected chi connectivity index (χ0v) is 20.7. The van der Waals surface area contributed by atoms with Crippen LogP contribution in [0.15, 0.2) is 84.9 Å². The lowest BCUT2D eigenvalue weighted by Gasteiger charge is -2.38. The van der Waals surface area contributed by atoms with E-state index in [0.717, 1.165) is 58.4 Å². The summed E-state index contributed by atoms with van der Waals surface area (Å²) in [6, 6.07) is 29.9. The van der Waals surface area contributed by atoms with E-state index in [-0.39, 0.29) is 17.8 Å². The summed E-state index contributed by atoms with van der Waals surface area (Å²) >= 11 is 0. The SMILES string of the molecule is Cl.O=C1N(Cc2ccc(-c3ccccc3)cc2)CCC12CCN(CCCc1ccccc1)CC2. The van der Waals surface area contributed by atoms with Crippen LogP contribution in [-0.2, 0) is 17.8 Å². The van der Waals surface area contributed by atoms with Gasteiger partial charge in [-0.1, -0.05) is 84.9 Å². The Labute approximate surface area is 210 Å². The van der Waals surface area contributed by atoms with Gasteiger partial charge in [0.1, 0.15) is 0 Å². The molecule has 0 unspecified atom stereocenters. The molecule has 1 amide bonds. The van der Waals surface area contributed by atoms with E-state index >= 15 is 0 Å². The minimum atomic E-state index is -0.111. The highest BCUT2D eigenvalue weighted by molar-refractivity contribution is 5.85. The first-order chi connectivity index (χ1) is 16.2. The normalized spacial score (nSPS) is 17.6. The van der Waals surface area contributed by atoms with Crippen LogP contribution >= 0.6 is 12.4 Å². The van der Waals surface area contributed by atoms with E-state index in [9.17, 15) is 4.79 Å². The fourth-order valence-electron chi connectivity index (χ4n) is 5.52. The van der Waals surface area contributed by atoms with Gasteiger partial charge in [-0.15, -0.1) is 12.4 Å². The minimum absolute atomic E-state index is 0. The van der Waals surface area contributed by atoms with Crippen molar-refractivity contribution >= 4 is 18.3 Å². The van der Waals surface area contributed by atoms with Gasteiger partial charge in [0.25, 0.3) is 0 Å². The van der Waals surface area contributed by atoms with Crippen LogP contribution in [0.25, 0.3) is 11.1 Å². The molecule has 0 aromatic heterocycles. The zero-order valence-electron chi connectivity index (χ0n) is 19.9. The third-order valence-corrected chi connectivity index (χ3v) is 7.63. The second-order valence-electron chi connectivity index (χ2n) is 9.75. The highest BCUT2D eigenvalue weighted by atomic mass is 35.5. The molecule has 3 aromatic carbocycles. The molecule has 34 heavy (non-hydrogen) atoms. The van der Waals surface area contributed by atoms with Gasteiger partial charge in [0, 0.05) is 13.1 Å². The molecule has 0 aliphatic carbocycles. The van der Waals surface area contributed by atoms with E-state index in [1.54, 1.807) is 0 Å². The third-order valence-electron chi connectivity index (χ3n) is 7.63. The van der Waals surface area contributed by atoms with Gasteiger partial charge in [-0.2, -0.15) is 0 Å². The average Bonchev–Trinajstić information content (AvgIpc) is 3.17. The summed E-state index contributed by atoms with van der Waals surface area (Å²) in [7, 11) is 0. The van der Waals surface area contributed by atoms with Crippen LogP contribution in [0.1, 0.15) is 36.8 Å². The summed E-state index contributed by atoms with van der Waals surface area (Å²) in [5.41, 5.74) is 4.99. The molecular formula is C30H35ClN2O. The topological polar surface area (TPSA) is 23.6 Å². The number of likely N-dealkylation sites (tertiary alicyclic amines) is 2. The highest BCUT2D eigenvalue weighted by Crippen LogP contribution is 2.42. The van der Waals surface area contributed by atoms with Gasteiger partial charge in [0.05, 0.1) is 5.41 Å². The summed E-state index contributed by atoms with van der Waals surface area (Å²) in [5.74, 6) is 0.388. The van der Waals surface area contributed by atoms with Crippen molar-refractivity contribution in [3.05, 3.63) is 96.1 Å². The van der Waals surface area contributed by atoms with E-state index in [2.05, 4.69) is 88.7 Å². The molecule has 2 aliphatic rings. The molecule has 1 spiro atoms. The van der Waals surface area contributed by atoms with E-state index in [0.29, 0.717) is 5.91 Å². The summed E-state index contributed by atoms with van der Waals surface area (Å²) in [6.07, 6.45) is 5.38. The van der Waals surface area contributed by atoms with Gasteiger partial charge in [-0.3, -0.25) is 4.79 Å². The number of carbonyl (C=O) groups is 1. The lowest BCUT2D eigenvalue weighted by Crippen LogP contribution is -2.44. The molecule has 3 nitrogen and oxygen atoms in total. The molecule has 0 bridgehead atoms. The zero-order chi connectivity index (χ0) is 22.5. The van der Waals surface area contributed by atoms with Crippen molar-refractivity contribution in [3.8, 4) is 11.1 Å². The molecule has 0 radical (unpaired) electrons. The summed E-state index contributed by atoms with van der Waals surface area (Å²) in [4.78, 5) is 18.0. The monoisotopic (exact) mass is 474 g/mol. The quantitative estimate of drug-likeness (QED) is 0.405. The molecule has 2 heterocycles. The number of aryl methyl sites for hydroxylation is 1. The Morgan fingerprint density at radius 3 is 1.94 bits per heavy atom. The van der Waals surface area contributed by atoms with E-state index in [4.69, 9.17) is 0 Å². The number of halogens is 1. The van der Waals surface area contributed by atoms with Crippen molar-refractivity contribution in [2.75, 3.05) is 26.2 Å². The smallest absolute Gasteiger partial charge is 0.229 e. The van der Waals surface area contributed by atoms with Crippen molar-refractivity contribution in [3.63, 3.8) is 0 Å². The van der Waals surface area contributed by atoms with Crippen LogP contribution in [-0.4, -0.2) is 41.9 Å². The molecule has 2 aliphatic heterocycles. The van der Waals surface area contributed by atoms with Gasteiger partial charge < -0.3 is 9.80 Å². The Hall–Kier alpha value is -2.62. The Bertz CT molecular complexity index is 1040. The number of rotatable bonds is 7. The predicted molar refractivity (Wildman–Crippen MR) is 142 cm³/mol. The van der Waals surface area contributed by atoms with Crippen molar-refractivity contribution < 1.29 is 4.79 Å². The number of hydrogen-bond acceptors (Lipinski definition) is 2. The van der Waals surface area contributed by atoms with E-state index in [1.807, 2.05) is 6.07 Å². The minimum Gasteiger partial charge on any atom is -0.338 e. The first-order valence-corrected chi connectivity index (χ1v) is 12.4. The van der Waals surface area contributed by atoms with Gasteiger partial charge >= 0.3 is 0 Å². The lowest BCUT2D eigenvalue weighted by atomic mass is 9.77. The van der Waals surface area contributed by atoms with Crippen LogP contribution in [0.3, 0.4) is 0 Å². The van der Waals surface area contributed by atoms with Gasteiger partial charge in [-0.25, -0.2) is 0 Å². The van der Waals surface area contributed by atoms with Crippen molar-refractivity contribution in [1.82, 2.24) is 9.80 Å². The van der Waals surface area contributed by atoms with Crippen molar-refractivity contribution in [1.29, 1.82) is 0 Å². The van der Waals surface area contributed by atoms with Gasteiger partial charge in [-0.05, 0) is 74.0 Å². The average molecular weight is 475 g/mol. The summed E-state index contributed by atoms with van der Waals surface area (Å²) in [6.45, 7) is 4.88. The maximum Gasteiger partial charge on any atom is 0.229 e. The molecular weight excluding hydrogens is 440 g/mol. The molecule has 5 rings (SSSR count). The second kappa shape index (κ2) is 11.2. The van der Waals surface area contributed by atoms with Crippen molar-refractivity contribution in [2.45, 2.75) is 38.6 Å². The van der Waals surface area contributed by atoms with E-state index in [1.165, 1.54) is 28.7 Å². The third kappa shape index (κ3) is 5.54. The molecule has 2 saturated heterocycles. The van der Waals surface area contributed by atoms with Crippen LogP contribution in [0.2, 0.25) is 0 Å². The summed E-state index contributed by atoms with van der Waals surface area (Å²) in [5, 5.41) is 0. The largest absolute Gasteiger partial charge is 0.338 e. The molecule has 4 heteroatoms. The fourth-order valence-corrected chi connectivity index (χ4v) is 5.52. The highest BCUT2D eigenvalue weighted by Gasteiger charge is 2.47. The maximum atomic E-state index is 13.4. The second-order valence-corrected chi connectivity index (χ2v) is 9.75. The number of nitrogens with zero attached hydrogens (tertiary/aromatic N) is 2. The van der Waals surface area contributed by atoms with E-state index < -0.39 is 0 Å². The Morgan fingerprint density at radius 1 is 0.676 bits per heavy atom. The Morgan fingerprint density at radius 2 is 1.26 bits per heavy atom. The van der Waals surface area contributed by atoms with Gasteiger partial charge in [0.2, 0.25) is 5.91 Å². The predicted octanol–water partition coefficient (Wildman–Crippen LogP) is 6.22. The fraction of sp³-hybridized carbons (Fsp3) is 0.367. The lowest BCUT2D eigenvalue weighted by molar-refractivity contribution is -0.138. The first-order valence-electron chi connectivity index (χ1n) is 12.4. The van der Waals surface area contributed by atoms with Crippen molar-refractivity contribution in [2.24, 2.45) is 5.41 Å². The number of hydrogen-bond donors (Lipinski definition) is 0. The van der Waals surface area contributed by atoms with Crippen LogP contribution < -0.4 is 0 Å². The number of piperidine rings is 1. The number of benzene rings is 3. The number of carbonyl (C=O) groups excluding carboxylic acids is 1. The molecule has 2 fully saturated rings. The standard InChI is InChI=1S/C30H34N2O.ClH/c33-29-30(17-21-31(22-18-30)20-7-10-25-8-3-1-4-9-25)19-23-32(29)24-26-13-15-28(16-14-26)27-11-5-2-6-12-27;/h1-6,8-9,11-16H,7,10,17-24H2;1H. The van der Waals surface area contributed by atoms with Crippen LogP contribution in [0, 0.1) is 5.41 Å². The Kier molecular flexibility index (Phi) is 8.07. The maximum absolute atomic E-state index is 13.4. The van der Waals surface area contributed by atoms with Crippen LogP contribution in [0.4, 0.5) is 0 Å². The molecule has 0 saturated carbocycles. The molecule has 0 N–H and O–H groups in total. The van der Waals surface area contributed by atoms with Gasteiger partial charge in [0.15, 0.2) is 0 Å². The molecule has 3 aromatic rings. The number of amides is 1. The summed E-state index contributed by atoms with van der Waals surface area (Å²) < 4.78 is 0. The van der Waals surface area contributed by atoms with Crippen LogP contribution in [0.5, 0.6) is 0 Å². The molecule has 178 valence electrons. The Balaban J connectivity index is 0.00000274.